The van der Waals surface area contributed by atoms with Crippen LogP contribution in [0, 0.1) is 0 Å². The van der Waals surface area contributed by atoms with Gasteiger partial charge in [-0.25, -0.2) is 0 Å². The number of carbonyl (C=O) groups excluding carboxylic acids is 3. The summed E-state index contributed by atoms with van der Waals surface area (Å²) in [6.45, 7) is 6.21. The minimum Gasteiger partial charge on any atom is -0.462 e. The Morgan fingerprint density at radius 3 is 1.07 bits per heavy atom. The topological polar surface area (TPSA) is 78.9 Å². The standard InChI is InChI=1S/C53H82O6/c1-4-7-10-13-15-17-19-21-23-25-26-28-29-31-33-35-37-40-43-46-52(55)58-49-50(48-57-51(54)45-42-39-12-9-6-3)59-53(56)47-44-41-38-36-34-32-30-27-24-22-20-18-16-14-11-8-5-2/h7-8,10-11,15-18,21-24,26,28,30-33,36,38,50H,4-6,9,12-14,19-20,25,27,29,34-35,37,39-49H2,1-3H3/b10-7-,11-8-,17-15-,18-16-,23-21-,24-22-,28-26-,32-30-,33-31-,38-36-. The fraction of sp³-hybridized carbons (Fsp3) is 0.566. The van der Waals surface area contributed by atoms with E-state index in [1.54, 1.807) is 0 Å². The number of rotatable bonds is 39. The van der Waals surface area contributed by atoms with Crippen LogP contribution in [0.15, 0.2) is 122 Å². The molecule has 59 heavy (non-hydrogen) atoms. The lowest BCUT2D eigenvalue weighted by molar-refractivity contribution is -0.167. The van der Waals surface area contributed by atoms with Gasteiger partial charge in [0.25, 0.3) is 0 Å². The van der Waals surface area contributed by atoms with Crippen LogP contribution in [0.3, 0.4) is 0 Å². The number of ether oxygens (including phenoxy) is 3. The van der Waals surface area contributed by atoms with E-state index < -0.39 is 6.10 Å². The average molecular weight is 815 g/mol. The highest BCUT2D eigenvalue weighted by molar-refractivity contribution is 5.71. The molecule has 0 saturated heterocycles. The van der Waals surface area contributed by atoms with E-state index in [1.807, 2.05) is 0 Å². The first-order chi connectivity index (χ1) is 29.0. The summed E-state index contributed by atoms with van der Waals surface area (Å²) in [7, 11) is 0. The van der Waals surface area contributed by atoms with Gasteiger partial charge in [0.15, 0.2) is 6.10 Å². The van der Waals surface area contributed by atoms with E-state index in [-0.39, 0.29) is 37.5 Å². The highest BCUT2D eigenvalue weighted by atomic mass is 16.6. The molecule has 0 heterocycles. The van der Waals surface area contributed by atoms with Crippen LogP contribution < -0.4 is 0 Å². The van der Waals surface area contributed by atoms with Gasteiger partial charge in [-0.05, 0) is 103 Å². The van der Waals surface area contributed by atoms with Crippen LogP contribution in [-0.2, 0) is 28.6 Å². The Kier molecular flexibility index (Phi) is 43.2. The van der Waals surface area contributed by atoms with Gasteiger partial charge in [0.2, 0.25) is 0 Å². The number of hydrogen-bond acceptors (Lipinski definition) is 6. The zero-order valence-corrected chi connectivity index (χ0v) is 37.5. The number of carbonyl (C=O) groups is 3. The number of esters is 3. The van der Waals surface area contributed by atoms with Crippen molar-refractivity contribution in [3.8, 4) is 0 Å². The molecule has 6 nitrogen and oxygen atoms in total. The summed E-state index contributed by atoms with van der Waals surface area (Å²) >= 11 is 0. The van der Waals surface area contributed by atoms with Gasteiger partial charge in [0.05, 0.1) is 0 Å². The lowest BCUT2D eigenvalue weighted by Crippen LogP contribution is -2.30. The largest absolute Gasteiger partial charge is 0.462 e. The van der Waals surface area contributed by atoms with Gasteiger partial charge in [-0.1, -0.05) is 174 Å². The number of unbranched alkanes of at least 4 members (excludes halogenated alkanes) is 8. The fourth-order valence-electron chi connectivity index (χ4n) is 5.56. The lowest BCUT2D eigenvalue weighted by Gasteiger charge is -2.18. The lowest BCUT2D eigenvalue weighted by atomic mass is 10.1. The van der Waals surface area contributed by atoms with Crippen LogP contribution >= 0.6 is 0 Å². The molecule has 0 rings (SSSR count). The minimum atomic E-state index is -0.820. The molecule has 0 N–H and O–H groups in total. The van der Waals surface area contributed by atoms with E-state index in [2.05, 4.69) is 142 Å². The second kappa shape index (κ2) is 46.5. The number of hydrogen-bond donors (Lipinski definition) is 0. The van der Waals surface area contributed by atoms with Crippen LogP contribution in [0.2, 0.25) is 0 Å². The van der Waals surface area contributed by atoms with Gasteiger partial charge in [-0.15, -0.1) is 0 Å². The van der Waals surface area contributed by atoms with E-state index in [4.69, 9.17) is 14.2 Å². The molecule has 0 aliphatic carbocycles. The quantitative estimate of drug-likeness (QED) is 0.0266. The summed E-state index contributed by atoms with van der Waals surface area (Å²) in [6.07, 6.45) is 63.6. The summed E-state index contributed by atoms with van der Waals surface area (Å²) in [6, 6.07) is 0. The fourth-order valence-corrected chi connectivity index (χ4v) is 5.56. The van der Waals surface area contributed by atoms with Crippen LogP contribution in [0.5, 0.6) is 0 Å². The zero-order valence-electron chi connectivity index (χ0n) is 37.5. The van der Waals surface area contributed by atoms with Crippen LogP contribution in [-0.4, -0.2) is 37.2 Å². The predicted octanol–water partition coefficient (Wildman–Crippen LogP) is 15.0. The molecule has 0 fully saturated rings. The van der Waals surface area contributed by atoms with E-state index in [9.17, 15) is 14.4 Å². The van der Waals surface area contributed by atoms with Crippen molar-refractivity contribution in [3.05, 3.63) is 122 Å². The Hall–Kier alpha value is -4.19. The molecule has 0 aromatic rings. The first kappa shape index (κ1) is 54.8. The first-order valence-electron chi connectivity index (χ1n) is 23.0. The molecule has 0 aromatic heterocycles. The molecule has 1 atom stereocenters. The van der Waals surface area contributed by atoms with Gasteiger partial charge in [-0.3, -0.25) is 14.4 Å². The third kappa shape index (κ3) is 44.8. The molecule has 330 valence electrons. The molecule has 0 aromatic carbocycles. The van der Waals surface area contributed by atoms with Crippen molar-refractivity contribution in [2.75, 3.05) is 13.2 Å². The molecular formula is C53H82O6. The summed E-state index contributed by atoms with van der Waals surface area (Å²) in [4.78, 5) is 37.5. The molecule has 0 radical (unpaired) electrons. The Morgan fingerprint density at radius 2 is 0.678 bits per heavy atom. The van der Waals surface area contributed by atoms with Crippen molar-refractivity contribution in [2.45, 2.75) is 181 Å². The van der Waals surface area contributed by atoms with Crippen molar-refractivity contribution in [1.29, 1.82) is 0 Å². The van der Waals surface area contributed by atoms with E-state index in [0.29, 0.717) is 19.3 Å². The molecular weight excluding hydrogens is 733 g/mol. The molecule has 0 bridgehead atoms. The Labute approximate surface area is 361 Å². The summed E-state index contributed by atoms with van der Waals surface area (Å²) < 4.78 is 16.5. The smallest absolute Gasteiger partial charge is 0.306 e. The molecule has 1 unspecified atom stereocenters. The molecule has 0 saturated carbocycles. The van der Waals surface area contributed by atoms with Gasteiger partial charge in [-0.2, -0.15) is 0 Å². The molecule has 0 aliphatic rings. The van der Waals surface area contributed by atoms with Crippen molar-refractivity contribution in [1.82, 2.24) is 0 Å². The summed E-state index contributed by atoms with van der Waals surface area (Å²) in [5.74, 6) is -1.04. The van der Waals surface area contributed by atoms with Gasteiger partial charge < -0.3 is 14.2 Å². The van der Waals surface area contributed by atoms with Crippen molar-refractivity contribution < 1.29 is 28.6 Å². The molecule has 0 spiro atoms. The highest BCUT2D eigenvalue weighted by Crippen LogP contribution is 2.10. The maximum atomic E-state index is 12.7. The summed E-state index contributed by atoms with van der Waals surface area (Å²) in [5.41, 5.74) is 0. The Balaban J connectivity index is 4.41. The average Bonchev–Trinajstić information content (AvgIpc) is 3.23. The van der Waals surface area contributed by atoms with Gasteiger partial charge in [0.1, 0.15) is 13.2 Å². The third-order valence-electron chi connectivity index (χ3n) is 8.96. The van der Waals surface area contributed by atoms with E-state index in [0.717, 1.165) is 128 Å². The normalized spacial score (nSPS) is 13.2. The molecule has 0 amide bonds. The van der Waals surface area contributed by atoms with E-state index >= 15 is 0 Å². The molecule has 6 heteroatoms. The monoisotopic (exact) mass is 815 g/mol. The number of allylic oxidation sites excluding steroid dienone is 20. The van der Waals surface area contributed by atoms with E-state index in [1.165, 1.54) is 0 Å². The Bertz CT molecular complexity index is 1300. The van der Waals surface area contributed by atoms with Crippen LogP contribution in [0.25, 0.3) is 0 Å². The SMILES string of the molecule is CC/C=C\C/C=C\C/C=C\C/C=C\C/C=C\CCCCCC(=O)OCC(COC(=O)CCCCCCC)OC(=O)CCC/C=C\C/C=C\C/C=C\C/C=C\C/C=C\CC. The third-order valence-corrected chi connectivity index (χ3v) is 8.96. The highest BCUT2D eigenvalue weighted by Gasteiger charge is 2.19. The molecule has 0 aliphatic heterocycles. The maximum absolute atomic E-state index is 12.7. The van der Waals surface area contributed by atoms with Crippen molar-refractivity contribution in [2.24, 2.45) is 0 Å². The van der Waals surface area contributed by atoms with Gasteiger partial charge in [0, 0.05) is 19.3 Å². The minimum absolute atomic E-state index is 0.116. The predicted molar refractivity (Wildman–Crippen MR) is 251 cm³/mol. The van der Waals surface area contributed by atoms with Crippen molar-refractivity contribution in [3.63, 3.8) is 0 Å². The zero-order chi connectivity index (χ0) is 43.0. The summed E-state index contributed by atoms with van der Waals surface area (Å²) in [5, 5.41) is 0. The van der Waals surface area contributed by atoms with Crippen LogP contribution in [0.1, 0.15) is 175 Å². The first-order valence-corrected chi connectivity index (χ1v) is 23.0. The van der Waals surface area contributed by atoms with Gasteiger partial charge >= 0.3 is 17.9 Å². The second-order valence-corrected chi connectivity index (χ2v) is 14.5. The second-order valence-electron chi connectivity index (χ2n) is 14.5. The van der Waals surface area contributed by atoms with Crippen molar-refractivity contribution >= 4 is 17.9 Å². The Morgan fingerprint density at radius 1 is 0.356 bits per heavy atom. The van der Waals surface area contributed by atoms with Crippen LogP contribution in [0.4, 0.5) is 0 Å². The maximum Gasteiger partial charge on any atom is 0.306 e.